The van der Waals surface area contributed by atoms with Crippen molar-refractivity contribution < 1.29 is 14.7 Å². The molecule has 4 heteroatoms. The molecule has 0 aromatic rings. The minimum Gasteiger partial charge on any atom is -0.481 e. The third-order valence-corrected chi connectivity index (χ3v) is 2.08. The average Bonchev–Trinajstić information content (AvgIpc) is 2.11. The number of aliphatic carboxylic acids is 1. The van der Waals surface area contributed by atoms with Crippen LogP contribution >= 0.6 is 0 Å². The molecule has 82 valence electrons. The number of carbonyl (C=O) groups is 2. The molecule has 0 bridgehead atoms. The molecule has 0 unspecified atom stereocenters. The van der Waals surface area contributed by atoms with Crippen molar-refractivity contribution in [1.29, 1.82) is 0 Å². The van der Waals surface area contributed by atoms with Crippen LogP contribution in [0.2, 0.25) is 0 Å². The van der Waals surface area contributed by atoms with E-state index in [4.69, 9.17) is 10.8 Å². The van der Waals surface area contributed by atoms with E-state index in [2.05, 4.69) is 6.92 Å². The molecule has 0 aliphatic rings. The third kappa shape index (κ3) is 6.60. The molecule has 0 aliphatic heterocycles. The van der Waals surface area contributed by atoms with Gasteiger partial charge in [-0.25, -0.2) is 0 Å². The van der Waals surface area contributed by atoms with Crippen LogP contribution in [0.15, 0.2) is 0 Å². The summed E-state index contributed by atoms with van der Waals surface area (Å²) in [5.74, 6) is -1.15. The first-order chi connectivity index (χ1) is 6.57. The Kier molecular flexibility index (Phi) is 7.02. The first kappa shape index (κ1) is 13.1. The Hall–Kier alpha value is -0.900. The number of carbonyl (C=O) groups excluding carboxylic acids is 1. The molecule has 1 atom stereocenters. The second-order valence-electron chi connectivity index (χ2n) is 3.48. The van der Waals surface area contributed by atoms with Gasteiger partial charge in [0.05, 0.1) is 12.5 Å². The number of Topliss-reactive ketones (excluding diaryl/α,β-unsaturated/α-hetero) is 1. The van der Waals surface area contributed by atoms with Crippen LogP contribution in [-0.2, 0) is 9.59 Å². The van der Waals surface area contributed by atoms with Crippen molar-refractivity contribution in [2.45, 2.75) is 51.5 Å². The first-order valence-corrected chi connectivity index (χ1v) is 5.08. The molecule has 0 spiro atoms. The minimum absolute atomic E-state index is 0.136. The zero-order valence-corrected chi connectivity index (χ0v) is 8.66. The van der Waals surface area contributed by atoms with Crippen LogP contribution in [0.1, 0.15) is 45.4 Å². The van der Waals surface area contributed by atoms with Gasteiger partial charge in [-0.2, -0.15) is 0 Å². The lowest BCUT2D eigenvalue weighted by molar-refractivity contribution is -0.139. The van der Waals surface area contributed by atoms with Gasteiger partial charge in [0.15, 0.2) is 0 Å². The topological polar surface area (TPSA) is 80.4 Å². The van der Waals surface area contributed by atoms with Crippen LogP contribution in [0.5, 0.6) is 0 Å². The monoisotopic (exact) mass is 201 g/mol. The molecular weight excluding hydrogens is 182 g/mol. The van der Waals surface area contributed by atoms with Crippen molar-refractivity contribution in [1.82, 2.24) is 0 Å². The van der Waals surface area contributed by atoms with Crippen LogP contribution in [0.3, 0.4) is 0 Å². The molecule has 0 saturated heterocycles. The molecule has 0 fully saturated rings. The molecule has 0 saturated carbocycles. The van der Waals surface area contributed by atoms with Crippen molar-refractivity contribution in [3.8, 4) is 0 Å². The number of carboxylic acid groups (broad SMARTS) is 1. The van der Waals surface area contributed by atoms with Gasteiger partial charge in [-0.15, -0.1) is 0 Å². The molecule has 14 heavy (non-hydrogen) atoms. The standard InChI is InChI=1S/C10H19NO3/c1-2-3-4-5-6-9(12)8(11)7-10(13)14/h8H,2-7,11H2,1H3,(H,13,14)/t8-/m0/s1. The Morgan fingerprint density at radius 2 is 1.93 bits per heavy atom. The SMILES string of the molecule is CCCCCCC(=O)[C@@H](N)CC(=O)O. The second kappa shape index (κ2) is 7.50. The summed E-state index contributed by atoms with van der Waals surface area (Å²) in [4.78, 5) is 21.5. The highest BCUT2D eigenvalue weighted by molar-refractivity contribution is 5.87. The molecule has 0 radical (unpaired) electrons. The van der Waals surface area contributed by atoms with Crippen LogP contribution in [-0.4, -0.2) is 22.9 Å². The van der Waals surface area contributed by atoms with Gasteiger partial charge >= 0.3 is 5.97 Å². The van der Waals surface area contributed by atoms with E-state index >= 15 is 0 Å². The normalized spacial score (nSPS) is 12.4. The van der Waals surface area contributed by atoms with E-state index in [0.717, 1.165) is 25.7 Å². The summed E-state index contributed by atoms with van der Waals surface area (Å²) in [7, 11) is 0. The van der Waals surface area contributed by atoms with E-state index in [1.54, 1.807) is 0 Å². The maximum absolute atomic E-state index is 11.3. The number of nitrogens with two attached hydrogens (primary N) is 1. The zero-order valence-electron chi connectivity index (χ0n) is 8.66. The Balaban J connectivity index is 3.57. The van der Waals surface area contributed by atoms with Crippen LogP contribution in [0.4, 0.5) is 0 Å². The summed E-state index contributed by atoms with van der Waals surface area (Å²) >= 11 is 0. The lowest BCUT2D eigenvalue weighted by Gasteiger charge is -2.06. The van der Waals surface area contributed by atoms with Crippen LogP contribution in [0, 0.1) is 0 Å². The van der Waals surface area contributed by atoms with Crippen molar-refractivity contribution in [2.75, 3.05) is 0 Å². The number of unbranched alkanes of at least 4 members (excludes halogenated alkanes) is 3. The summed E-state index contributed by atoms with van der Waals surface area (Å²) in [5, 5.41) is 8.41. The van der Waals surface area contributed by atoms with Gasteiger partial charge in [-0.05, 0) is 6.42 Å². The maximum Gasteiger partial charge on any atom is 0.305 e. The van der Waals surface area contributed by atoms with Gasteiger partial charge < -0.3 is 10.8 Å². The molecule has 4 nitrogen and oxygen atoms in total. The number of hydrogen-bond donors (Lipinski definition) is 2. The van der Waals surface area contributed by atoms with Crippen molar-refractivity contribution in [3.05, 3.63) is 0 Å². The first-order valence-electron chi connectivity index (χ1n) is 5.08. The van der Waals surface area contributed by atoms with E-state index in [-0.39, 0.29) is 12.2 Å². The van der Waals surface area contributed by atoms with Crippen LogP contribution < -0.4 is 5.73 Å². The largest absolute Gasteiger partial charge is 0.481 e. The Bertz CT molecular complexity index is 192. The smallest absolute Gasteiger partial charge is 0.305 e. The lowest BCUT2D eigenvalue weighted by atomic mass is 10.0. The summed E-state index contributed by atoms with van der Waals surface area (Å²) in [6.45, 7) is 2.10. The average molecular weight is 201 g/mol. The van der Waals surface area contributed by atoms with E-state index in [1.165, 1.54) is 0 Å². The van der Waals surface area contributed by atoms with E-state index < -0.39 is 12.0 Å². The Labute approximate surface area is 84.5 Å². The van der Waals surface area contributed by atoms with Gasteiger partial charge in [0, 0.05) is 6.42 Å². The van der Waals surface area contributed by atoms with Gasteiger partial charge in [0.25, 0.3) is 0 Å². The van der Waals surface area contributed by atoms with E-state index in [0.29, 0.717) is 6.42 Å². The van der Waals surface area contributed by atoms with Gasteiger partial charge in [0.2, 0.25) is 0 Å². The predicted octanol–water partition coefficient (Wildman–Crippen LogP) is 1.33. The summed E-state index contributed by atoms with van der Waals surface area (Å²) in [6.07, 6.45) is 4.22. The molecule has 0 aliphatic carbocycles. The highest BCUT2D eigenvalue weighted by atomic mass is 16.4. The van der Waals surface area contributed by atoms with Gasteiger partial charge in [0.1, 0.15) is 5.78 Å². The Morgan fingerprint density at radius 3 is 2.43 bits per heavy atom. The second-order valence-corrected chi connectivity index (χ2v) is 3.48. The molecule has 0 rings (SSSR count). The molecule has 0 aromatic carbocycles. The fourth-order valence-electron chi connectivity index (χ4n) is 1.21. The summed E-state index contributed by atoms with van der Waals surface area (Å²) < 4.78 is 0. The Morgan fingerprint density at radius 1 is 1.29 bits per heavy atom. The number of hydrogen-bond acceptors (Lipinski definition) is 3. The fraction of sp³-hybridized carbons (Fsp3) is 0.800. The van der Waals surface area contributed by atoms with E-state index in [1.807, 2.05) is 0 Å². The molecular formula is C10H19NO3. The molecule has 3 N–H and O–H groups in total. The van der Waals surface area contributed by atoms with Crippen LogP contribution in [0.25, 0.3) is 0 Å². The highest BCUT2D eigenvalue weighted by Gasteiger charge is 2.15. The summed E-state index contributed by atoms with van der Waals surface area (Å²) in [5.41, 5.74) is 5.40. The maximum atomic E-state index is 11.3. The molecule has 0 heterocycles. The number of rotatable bonds is 8. The predicted molar refractivity (Wildman–Crippen MR) is 54.0 cm³/mol. The van der Waals surface area contributed by atoms with Gasteiger partial charge in [-0.1, -0.05) is 26.2 Å². The minimum atomic E-state index is -1.01. The van der Waals surface area contributed by atoms with Crippen molar-refractivity contribution in [3.63, 3.8) is 0 Å². The highest BCUT2D eigenvalue weighted by Crippen LogP contribution is 2.05. The lowest BCUT2D eigenvalue weighted by Crippen LogP contribution is -2.32. The van der Waals surface area contributed by atoms with Gasteiger partial charge in [-0.3, -0.25) is 9.59 Å². The van der Waals surface area contributed by atoms with Crippen molar-refractivity contribution >= 4 is 11.8 Å². The number of carboxylic acids is 1. The van der Waals surface area contributed by atoms with Crippen molar-refractivity contribution in [2.24, 2.45) is 5.73 Å². The van der Waals surface area contributed by atoms with E-state index in [9.17, 15) is 9.59 Å². The summed E-state index contributed by atoms with van der Waals surface area (Å²) in [6, 6.07) is -0.825. The zero-order chi connectivity index (χ0) is 11.0. The molecule has 0 aromatic heterocycles. The number of ketones is 1. The molecule has 0 amide bonds. The quantitative estimate of drug-likeness (QED) is 0.580. The fourth-order valence-corrected chi connectivity index (χ4v) is 1.21. The third-order valence-electron chi connectivity index (χ3n) is 2.08.